The molecule has 180 valence electrons. The van der Waals surface area contributed by atoms with Gasteiger partial charge in [0.05, 0.1) is 0 Å². The molecule has 1 aliphatic rings. The molecule has 0 amide bonds. The molecule has 0 heterocycles. The molecular formula is C32H30Al4N2. The Morgan fingerprint density at radius 2 is 1.00 bits per heavy atom. The molecular weight excluding hydrogens is 520 g/mol. The highest BCUT2D eigenvalue weighted by Gasteiger charge is 2.45. The largest absolute Gasteiger partial charge is 0.587 e. The van der Waals surface area contributed by atoms with Gasteiger partial charge in [-0.2, -0.15) is 0 Å². The van der Waals surface area contributed by atoms with Crippen LogP contribution in [0.25, 0.3) is 22.3 Å². The third kappa shape index (κ3) is 5.09. The van der Waals surface area contributed by atoms with Crippen LogP contribution in [0.4, 0.5) is 11.4 Å². The fourth-order valence-electron chi connectivity index (χ4n) is 6.38. The molecule has 0 N–H and O–H groups in total. The van der Waals surface area contributed by atoms with Crippen LogP contribution >= 0.6 is 0 Å². The Morgan fingerprint density at radius 3 is 1.50 bits per heavy atom. The molecule has 0 aliphatic heterocycles. The van der Waals surface area contributed by atoms with Crippen molar-refractivity contribution >= 4 is 77.4 Å². The van der Waals surface area contributed by atoms with E-state index in [2.05, 4.69) is 180 Å². The Balaban J connectivity index is 1.49. The second-order valence-electron chi connectivity index (χ2n) is 11.5. The summed E-state index contributed by atoms with van der Waals surface area (Å²) in [7, 11) is 0. The highest BCUT2D eigenvalue weighted by atomic mass is 27.1. The first-order valence-corrected chi connectivity index (χ1v) is 15.0. The monoisotopic (exact) mass is 550 g/mol. The van der Waals surface area contributed by atoms with E-state index in [1.165, 1.54) is 61.4 Å². The number of hydrogen-bond donors (Lipinski definition) is 0. The molecule has 5 rings (SSSR count). The van der Waals surface area contributed by atoms with Crippen molar-refractivity contribution in [3.8, 4) is 22.3 Å². The standard InChI is InChI=1S/C32H30N2.4Al/c1-20-16-23(9-14-29(20)33)22-6-11-26(12-7-22)32(5)19-31(3,4)28-18-25(8-13-27(28)32)24-10-15-30(34)21(2)17-24;;;;/h6-18H,19H2,1-5H3;;;;. The van der Waals surface area contributed by atoms with E-state index in [1.54, 1.807) is 0 Å². The summed E-state index contributed by atoms with van der Waals surface area (Å²) in [4.78, 5) is 0. The Labute approximate surface area is 262 Å². The number of nitrogens with zero attached hydrogens (tertiary/aromatic N) is 2. The molecule has 0 saturated carbocycles. The van der Waals surface area contributed by atoms with Crippen LogP contribution in [0.1, 0.15) is 55.0 Å². The van der Waals surface area contributed by atoms with E-state index >= 15 is 0 Å². The molecule has 1 atom stereocenters. The molecule has 4 aromatic carbocycles. The highest BCUT2D eigenvalue weighted by Crippen LogP contribution is 2.53. The van der Waals surface area contributed by atoms with E-state index in [1.807, 2.05) is 5.73 Å². The first-order valence-electron chi connectivity index (χ1n) is 13.0. The van der Waals surface area contributed by atoms with Crippen molar-refractivity contribution in [1.82, 2.24) is 0 Å². The van der Waals surface area contributed by atoms with Crippen molar-refractivity contribution in [2.75, 3.05) is 5.73 Å². The summed E-state index contributed by atoms with van der Waals surface area (Å²) in [6, 6.07) is 29.8. The van der Waals surface area contributed by atoms with E-state index < -0.39 is 0 Å². The van der Waals surface area contributed by atoms with E-state index in [0.717, 1.165) is 6.42 Å². The lowest BCUT2D eigenvalue weighted by atomic mass is 9.75. The molecule has 0 saturated heterocycles. The summed E-state index contributed by atoms with van der Waals surface area (Å²) in [6.07, 6.45) is 1.09. The maximum absolute atomic E-state index is 2.72. The van der Waals surface area contributed by atoms with Gasteiger partial charge in [-0.1, -0.05) is 75.4 Å². The maximum atomic E-state index is 2.72. The first-order chi connectivity index (χ1) is 17.9. The van der Waals surface area contributed by atoms with Gasteiger partial charge in [0.2, 0.25) is 0 Å². The van der Waals surface area contributed by atoms with Crippen LogP contribution in [-0.2, 0) is 10.8 Å². The van der Waals surface area contributed by atoms with Gasteiger partial charge in [0, 0.05) is 5.41 Å². The van der Waals surface area contributed by atoms with Gasteiger partial charge < -0.3 is 5.73 Å². The average molecular weight is 551 g/mol. The minimum absolute atomic E-state index is 0.0197. The fraction of sp³-hybridized carbons (Fsp3) is 0.250. The van der Waals surface area contributed by atoms with Gasteiger partial charge in [0.15, 0.2) is 0 Å². The lowest BCUT2D eigenvalue weighted by molar-refractivity contribution is 0.425. The normalized spacial score (nSPS) is 17.7. The zero-order chi connectivity index (χ0) is 27.4. The van der Waals surface area contributed by atoms with Crippen molar-refractivity contribution in [2.45, 2.75) is 51.9 Å². The third-order valence-corrected chi connectivity index (χ3v) is 9.39. The van der Waals surface area contributed by atoms with Gasteiger partial charge in [-0.15, -0.1) is 0 Å². The van der Waals surface area contributed by atoms with Crippen LogP contribution in [0.5, 0.6) is 0 Å². The summed E-state index contributed by atoms with van der Waals surface area (Å²) in [5.74, 6) is 0. The lowest BCUT2D eigenvalue weighted by Crippen LogP contribution is -2.23. The minimum atomic E-state index is -0.0197. The Morgan fingerprint density at radius 1 is 0.553 bits per heavy atom. The van der Waals surface area contributed by atoms with Crippen molar-refractivity contribution < 1.29 is 0 Å². The van der Waals surface area contributed by atoms with Gasteiger partial charge in [0.25, 0.3) is 66.0 Å². The summed E-state index contributed by atoms with van der Waals surface area (Å²) in [5, 5.41) is 0. The van der Waals surface area contributed by atoms with Gasteiger partial charge in [-0.05, 0) is 111 Å². The van der Waals surface area contributed by atoms with Crippen molar-refractivity contribution in [1.29, 1.82) is 0 Å². The predicted molar refractivity (Wildman–Crippen MR) is 165 cm³/mol. The summed E-state index contributed by atoms with van der Waals surface area (Å²) >= 11 is 10.8. The molecule has 0 spiro atoms. The number of anilines is 2. The Bertz CT molecular complexity index is 1510. The van der Waals surface area contributed by atoms with Crippen LogP contribution in [0.3, 0.4) is 0 Å². The molecule has 4 aromatic rings. The smallest absolute Gasteiger partial charge is 0.277 e. The van der Waals surface area contributed by atoms with Gasteiger partial charge in [-0.25, -0.2) is 0 Å². The molecule has 0 aromatic heterocycles. The topological polar surface area (TPSA) is 6.48 Å². The number of hydrogen-bond acceptors (Lipinski definition) is 2. The quantitative estimate of drug-likeness (QED) is 0.260. The van der Waals surface area contributed by atoms with Crippen molar-refractivity contribution in [2.24, 2.45) is 0 Å². The maximum Gasteiger partial charge on any atom is 0.277 e. The van der Waals surface area contributed by atoms with Gasteiger partial charge in [-0.3, -0.25) is 0 Å². The van der Waals surface area contributed by atoms with Crippen LogP contribution in [0, 0.1) is 13.8 Å². The van der Waals surface area contributed by atoms with Crippen molar-refractivity contribution in [3.63, 3.8) is 0 Å². The lowest BCUT2D eigenvalue weighted by Gasteiger charge is -2.28. The second-order valence-corrected chi connectivity index (χ2v) is 15.0. The third-order valence-electron chi connectivity index (χ3n) is 8.28. The van der Waals surface area contributed by atoms with Crippen molar-refractivity contribution in [3.05, 3.63) is 107 Å². The van der Waals surface area contributed by atoms with Gasteiger partial charge in [0.1, 0.15) is 0 Å². The summed E-state index contributed by atoms with van der Waals surface area (Å²) < 4.78 is 4.02. The Hall–Kier alpha value is -1.39. The fourth-order valence-corrected chi connectivity index (χ4v) is 7.54. The molecule has 38 heavy (non-hydrogen) atoms. The molecule has 0 fully saturated rings. The highest BCUT2D eigenvalue weighted by molar-refractivity contribution is 6.42. The van der Waals surface area contributed by atoms with E-state index in [9.17, 15) is 0 Å². The molecule has 8 radical (unpaired) electrons. The number of rotatable bonds is 5. The van der Waals surface area contributed by atoms with Crippen LogP contribution in [0.15, 0.2) is 78.9 Å². The molecule has 1 unspecified atom stereocenters. The average Bonchev–Trinajstić information content (AvgIpc) is 3.09. The number of fused-ring (bicyclic) bond motifs is 1. The van der Waals surface area contributed by atoms with E-state index in [4.69, 9.17) is 0 Å². The predicted octanol–water partition coefficient (Wildman–Crippen LogP) is 6.57. The Kier molecular flexibility index (Phi) is 7.81. The number of benzene rings is 4. The molecule has 2 nitrogen and oxygen atoms in total. The van der Waals surface area contributed by atoms with Crippen LogP contribution in [0.2, 0.25) is 0 Å². The van der Waals surface area contributed by atoms with Gasteiger partial charge >= 0.3 is 0 Å². The summed E-state index contributed by atoms with van der Waals surface area (Å²) in [6.45, 7) is 11.6. The SMILES string of the molecule is Cc1cc(-c2ccc(C3(C)CC(C)(C)c4cc(-c5ccc([N]([Al])[Al])c(C)c5)ccc43)cc2)ccc1[N]([Al])[Al]. The zero-order valence-corrected chi connectivity index (χ0v) is 27.5. The molecule has 6 heteroatoms. The van der Waals surface area contributed by atoms with E-state index in [-0.39, 0.29) is 10.8 Å². The molecule has 0 bridgehead atoms. The van der Waals surface area contributed by atoms with Crippen LogP contribution < -0.4 is 5.73 Å². The zero-order valence-electron chi connectivity index (χ0n) is 22.9. The van der Waals surface area contributed by atoms with Crippen LogP contribution in [-0.4, -0.2) is 66.0 Å². The molecule has 1 aliphatic carbocycles. The summed E-state index contributed by atoms with van der Waals surface area (Å²) in [5.41, 5.74) is 14.4. The number of aryl methyl sites for hydroxylation is 2. The second kappa shape index (κ2) is 10.5. The minimum Gasteiger partial charge on any atom is -0.587 e. The van der Waals surface area contributed by atoms with E-state index in [0.29, 0.717) is 0 Å². The first kappa shape index (κ1) is 28.1.